The summed E-state index contributed by atoms with van der Waals surface area (Å²) in [5.41, 5.74) is 8.85. The summed E-state index contributed by atoms with van der Waals surface area (Å²) >= 11 is 1.50. The van der Waals surface area contributed by atoms with E-state index in [4.69, 9.17) is 15.5 Å². The van der Waals surface area contributed by atoms with Crippen LogP contribution in [0.1, 0.15) is 12.6 Å². The van der Waals surface area contributed by atoms with E-state index in [-0.39, 0.29) is 17.3 Å². The lowest BCUT2D eigenvalue weighted by Crippen LogP contribution is -2.15. The molecule has 3 heterocycles. The fraction of sp³-hybridized carbons (Fsp3) is 0.143. The van der Waals surface area contributed by atoms with Gasteiger partial charge in [0, 0.05) is 17.5 Å². The summed E-state index contributed by atoms with van der Waals surface area (Å²) in [5, 5.41) is 3.46. The molecular weight excluding hydrogens is 414 g/mol. The Morgan fingerprint density at radius 3 is 2.71 bits per heavy atom. The molecule has 0 unspecified atom stereocenters. The van der Waals surface area contributed by atoms with Crippen LogP contribution in [0, 0.1) is 0 Å². The zero-order valence-corrected chi connectivity index (χ0v) is 17.5. The van der Waals surface area contributed by atoms with E-state index in [0.29, 0.717) is 18.1 Å². The van der Waals surface area contributed by atoms with Crippen LogP contribution in [-0.4, -0.2) is 35.7 Å². The number of nitrogens with one attached hydrogen (secondary N) is 1. The Morgan fingerprint density at radius 2 is 1.90 bits per heavy atom. The van der Waals surface area contributed by atoms with Crippen molar-refractivity contribution >= 4 is 34.5 Å². The minimum Gasteiger partial charge on any atom is -0.494 e. The standard InChI is InChI=1S/C21H19N7O2S/c1-2-30-15-9-7-14(8-10-15)27-17-6-4-3-5-16(17)24-21(27)31-12-13-11-18(29)28-20(23-13)25-19(22)26-28/h3-11H,2,12H2,1H3,(H3,22,23,25,26). The molecule has 0 bridgehead atoms. The SMILES string of the molecule is CCOc1ccc(-n2c(SCc3cc(=O)n4[nH]c(N)nc4n3)nc3ccccc32)cc1. The molecular formula is C21H19N7O2S. The number of rotatable bonds is 6. The number of ether oxygens (including phenoxy) is 1. The number of nitrogen functional groups attached to an aromatic ring is 1. The third-order valence-electron chi connectivity index (χ3n) is 4.69. The lowest BCUT2D eigenvalue weighted by atomic mass is 10.2. The van der Waals surface area contributed by atoms with Gasteiger partial charge in [0.25, 0.3) is 11.3 Å². The lowest BCUT2D eigenvalue weighted by Gasteiger charge is -2.10. The minimum atomic E-state index is -0.259. The first-order valence-electron chi connectivity index (χ1n) is 9.70. The third kappa shape index (κ3) is 3.61. The van der Waals surface area contributed by atoms with E-state index in [1.807, 2.05) is 55.5 Å². The quantitative estimate of drug-likeness (QED) is 0.395. The molecule has 0 spiro atoms. The monoisotopic (exact) mass is 433 g/mol. The summed E-state index contributed by atoms with van der Waals surface area (Å²) in [6.07, 6.45) is 0. The molecule has 0 saturated heterocycles. The topological polar surface area (TPSA) is 116 Å². The first-order valence-corrected chi connectivity index (χ1v) is 10.7. The molecule has 10 heteroatoms. The molecule has 5 rings (SSSR count). The van der Waals surface area contributed by atoms with Crippen molar-refractivity contribution in [2.45, 2.75) is 17.8 Å². The van der Waals surface area contributed by atoms with Gasteiger partial charge in [-0.3, -0.25) is 14.5 Å². The number of fused-ring (bicyclic) bond motifs is 2. The second-order valence-corrected chi connectivity index (χ2v) is 7.71. The maximum atomic E-state index is 12.3. The number of hydrogen-bond acceptors (Lipinski definition) is 7. The molecule has 0 aliphatic carbocycles. The number of benzene rings is 2. The summed E-state index contributed by atoms with van der Waals surface area (Å²) in [4.78, 5) is 25.6. The van der Waals surface area contributed by atoms with Crippen LogP contribution in [-0.2, 0) is 5.75 Å². The second-order valence-electron chi connectivity index (χ2n) is 6.76. The van der Waals surface area contributed by atoms with Gasteiger partial charge in [-0.05, 0) is 43.3 Å². The van der Waals surface area contributed by atoms with Crippen LogP contribution in [0.5, 0.6) is 5.75 Å². The van der Waals surface area contributed by atoms with Crippen LogP contribution >= 0.6 is 11.8 Å². The highest BCUT2D eigenvalue weighted by Gasteiger charge is 2.14. The average molecular weight is 433 g/mol. The zero-order valence-electron chi connectivity index (χ0n) is 16.6. The molecule has 0 aliphatic heterocycles. The van der Waals surface area contributed by atoms with Gasteiger partial charge < -0.3 is 10.5 Å². The number of hydrogen-bond donors (Lipinski definition) is 2. The molecule has 5 aromatic rings. The minimum absolute atomic E-state index is 0.145. The fourth-order valence-electron chi connectivity index (χ4n) is 3.36. The molecule has 156 valence electrons. The van der Waals surface area contributed by atoms with Gasteiger partial charge in [-0.15, -0.1) is 0 Å². The molecule has 31 heavy (non-hydrogen) atoms. The number of nitrogens with two attached hydrogens (primary N) is 1. The third-order valence-corrected chi connectivity index (χ3v) is 5.66. The van der Waals surface area contributed by atoms with Crippen molar-refractivity contribution in [2.75, 3.05) is 12.3 Å². The number of para-hydroxylation sites is 2. The van der Waals surface area contributed by atoms with Crippen molar-refractivity contribution in [3.8, 4) is 11.4 Å². The van der Waals surface area contributed by atoms with Crippen molar-refractivity contribution < 1.29 is 4.74 Å². The highest BCUT2D eigenvalue weighted by Crippen LogP contribution is 2.30. The molecule has 9 nitrogen and oxygen atoms in total. The zero-order chi connectivity index (χ0) is 21.4. The Bertz CT molecular complexity index is 1440. The maximum absolute atomic E-state index is 12.3. The summed E-state index contributed by atoms with van der Waals surface area (Å²) in [5.74, 6) is 1.67. The van der Waals surface area contributed by atoms with Crippen molar-refractivity contribution in [1.82, 2.24) is 29.1 Å². The van der Waals surface area contributed by atoms with Crippen molar-refractivity contribution in [3.63, 3.8) is 0 Å². The van der Waals surface area contributed by atoms with E-state index in [1.54, 1.807) is 0 Å². The average Bonchev–Trinajstić information content (AvgIpc) is 3.33. The van der Waals surface area contributed by atoms with E-state index < -0.39 is 0 Å². The number of H-pyrrole nitrogens is 1. The second kappa shape index (κ2) is 7.80. The Balaban J connectivity index is 1.51. The summed E-state index contributed by atoms with van der Waals surface area (Å²) in [6, 6.07) is 17.3. The largest absolute Gasteiger partial charge is 0.494 e. The Labute approximate surface area is 180 Å². The van der Waals surface area contributed by atoms with E-state index in [1.165, 1.54) is 22.3 Å². The van der Waals surface area contributed by atoms with Gasteiger partial charge in [0.15, 0.2) is 5.16 Å². The molecule has 0 aliphatic rings. The number of thioether (sulfide) groups is 1. The van der Waals surface area contributed by atoms with Crippen molar-refractivity contribution in [3.05, 3.63) is 70.6 Å². The fourth-order valence-corrected chi connectivity index (χ4v) is 4.29. The molecule has 3 aromatic heterocycles. The van der Waals surface area contributed by atoms with Gasteiger partial charge >= 0.3 is 0 Å². The van der Waals surface area contributed by atoms with Crippen LogP contribution in [0.3, 0.4) is 0 Å². The van der Waals surface area contributed by atoms with Gasteiger partial charge in [0.05, 0.1) is 23.3 Å². The van der Waals surface area contributed by atoms with Crippen LogP contribution in [0.25, 0.3) is 22.5 Å². The van der Waals surface area contributed by atoms with Crippen LogP contribution in [0.4, 0.5) is 5.95 Å². The highest BCUT2D eigenvalue weighted by molar-refractivity contribution is 7.98. The van der Waals surface area contributed by atoms with E-state index >= 15 is 0 Å². The van der Waals surface area contributed by atoms with Gasteiger partial charge in [-0.2, -0.15) is 9.50 Å². The number of nitrogens with zero attached hydrogens (tertiary/aromatic N) is 5. The van der Waals surface area contributed by atoms with Gasteiger partial charge in [0.2, 0.25) is 5.95 Å². The van der Waals surface area contributed by atoms with Crippen LogP contribution in [0.15, 0.2) is 64.5 Å². The van der Waals surface area contributed by atoms with Crippen molar-refractivity contribution in [1.29, 1.82) is 0 Å². The van der Waals surface area contributed by atoms with Gasteiger partial charge in [-0.1, -0.05) is 23.9 Å². The first kappa shape index (κ1) is 19.2. The molecule has 0 radical (unpaired) electrons. The predicted molar refractivity (Wildman–Crippen MR) is 120 cm³/mol. The summed E-state index contributed by atoms with van der Waals surface area (Å²) < 4.78 is 8.87. The van der Waals surface area contributed by atoms with Crippen LogP contribution < -0.4 is 16.0 Å². The Morgan fingerprint density at radius 1 is 1.10 bits per heavy atom. The normalized spacial score (nSPS) is 11.4. The Hall–Kier alpha value is -3.79. The molecule has 0 amide bonds. The molecule has 0 fully saturated rings. The van der Waals surface area contributed by atoms with Gasteiger partial charge in [0.1, 0.15) is 5.75 Å². The lowest BCUT2D eigenvalue weighted by molar-refractivity contribution is 0.340. The van der Waals surface area contributed by atoms with E-state index in [9.17, 15) is 4.79 Å². The van der Waals surface area contributed by atoms with E-state index in [0.717, 1.165) is 27.6 Å². The molecule has 0 saturated carbocycles. The maximum Gasteiger partial charge on any atom is 0.274 e. The summed E-state index contributed by atoms with van der Waals surface area (Å²) in [7, 11) is 0. The van der Waals surface area contributed by atoms with Crippen molar-refractivity contribution in [2.24, 2.45) is 0 Å². The molecule has 2 aromatic carbocycles. The number of imidazole rings is 1. The number of aromatic nitrogens is 6. The smallest absolute Gasteiger partial charge is 0.274 e. The van der Waals surface area contributed by atoms with E-state index in [2.05, 4.69) is 19.6 Å². The predicted octanol–water partition coefficient (Wildman–Crippen LogP) is 3.03. The number of aromatic amines is 1. The van der Waals surface area contributed by atoms with Crippen LogP contribution in [0.2, 0.25) is 0 Å². The summed E-state index contributed by atoms with van der Waals surface area (Å²) in [6.45, 7) is 2.58. The number of anilines is 1. The molecule has 3 N–H and O–H groups in total. The highest BCUT2D eigenvalue weighted by atomic mass is 32.2. The first-order chi connectivity index (χ1) is 15.1. The molecule has 0 atom stereocenters. The van der Waals surface area contributed by atoms with Gasteiger partial charge in [-0.25, -0.2) is 9.97 Å². The Kier molecular flexibility index (Phi) is 4.83.